The summed E-state index contributed by atoms with van der Waals surface area (Å²) >= 11 is 0. The number of hydrogen-bond acceptors (Lipinski definition) is 5. The molecule has 18 heavy (non-hydrogen) atoms. The second-order valence-electron chi connectivity index (χ2n) is 3.18. The number of nitrogens with zero attached hydrogens (tertiary/aromatic N) is 2. The lowest BCUT2D eigenvalue weighted by molar-refractivity contribution is -0.388. The van der Waals surface area contributed by atoms with E-state index in [4.69, 9.17) is 5.26 Å². The standard InChI is InChI=1S/C9H8FN3O4S/c10-7-2-3-9(8(6-7)13(14)15)18(16,17)12-5-1-4-11/h2-3,6,12H,1,5H2. The van der Waals surface area contributed by atoms with E-state index in [2.05, 4.69) is 0 Å². The van der Waals surface area contributed by atoms with E-state index < -0.39 is 31.3 Å². The topological polar surface area (TPSA) is 113 Å². The van der Waals surface area contributed by atoms with E-state index in [0.717, 1.165) is 12.1 Å². The Morgan fingerprint density at radius 2 is 2.17 bits per heavy atom. The largest absolute Gasteiger partial charge is 0.292 e. The van der Waals surface area contributed by atoms with Crippen molar-refractivity contribution in [1.29, 1.82) is 5.26 Å². The first kappa shape index (κ1) is 14.0. The molecule has 1 N–H and O–H groups in total. The number of halogens is 1. The maximum absolute atomic E-state index is 12.8. The van der Waals surface area contributed by atoms with Crippen LogP contribution in [0.1, 0.15) is 6.42 Å². The first-order valence-electron chi connectivity index (χ1n) is 4.69. The van der Waals surface area contributed by atoms with Gasteiger partial charge in [0, 0.05) is 13.0 Å². The van der Waals surface area contributed by atoms with Crippen molar-refractivity contribution in [2.45, 2.75) is 11.3 Å². The van der Waals surface area contributed by atoms with E-state index >= 15 is 0 Å². The first-order chi connectivity index (χ1) is 8.38. The highest BCUT2D eigenvalue weighted by Crippen LogP contribution is 2.24. The van der Waals surface area contributed by atoms with Crippen LogP contribution >= 0.6 is 0 Å². The van der Waals surface area contributed by atoms with Gasteiger partial charge < -0.3 is 0 Å². The molecule has 0 bridgehead atoms. The third kappa shape index (κ3) is 3.22. The van der Waals surface area contributed by atoms with Crippen molar-refractivity contribution >= 4 is 15.7 Å². The fourth-order valence-corrected chi connectivity index (χ4v) is 2.36. The molecule has 0 spiro atoms. The Morgan fingerprint density at radius 3 is 2.72 bits per heavy atom. The fraction of sp³-hybridized carbons (Fsp3) is 0.222. The van der Waals surface area contributed by atoms with Crippen molar-refractivity contribution < 1.29 is 17.7 Å². The van der Waals surface area contributed by atoms with Gasteiger partial charge >= 0.3 is 0 Å². The first-order valence-corrected chi connectivity index (χ1v) is 6.17. The van der Waals surface area contributed by atoms with Gasteiger partial charge in [-0.05, 0) is 12.1 Å². The van der Waals surface area contributed by atoms with Gasteiger partial charge in [-0.25, -0.2) is 17.5 Å². The molecule has 0 unspecified atom stereocenters. The van der Waals surface area contributed by atoms with Gasteiger partial charge in [-0.3, -0.25) is 10.1 Å². The third-order valence-electron chi connectivity index (χ3n) is 1.94. The van der Waals surface area contributed by atoms with Gasteiger partial charge in [0.05, 0.1) is 17.1 Å². The van der Waals surface area contributed by atoms with Gasteiger partial charge in [0.2, 0.25) is 10.0 Å². The maximum Gasteiger partial charge on any atom is 0.292 e. The zero-order valence-corrected chi connectivity index (χ0v) is 9.78. The van der Waals surface area contributed by atoms with E-state index in [1.807, 2.05) is 4.72 Å². The second kappa shape index (κ2) is 5.52. The van der Waals surface area contributed by atoms with Gasteiger partial charge in [-0.1, -0.05) is 0 Å². The number of nitrogens with one attached hydrogen (secondary N) is 1. The summed E-state index contributed by atoms with van der Waals surface area (Å²) in [7, 11) is -4.13. The number of nitro groups is 1. The zero-order chi connectivity index (χ0) is 13.8. The molecule has 9 heteroatoms. The molecule has 0 heterocycles. The summed E-state index contributed by atoms with van der Waals surface area (Å²) in [6, 6.07) is 3.86. The predicted octanol–water partition coefficient (Wildman–Crippen LogP) is 0.926. The molecular formula is C9H8FN3O4S. The SMILES string of the molecule is N#CCCNS(=O)(=O)c1ccc(F)cc1[N+](=O)[O-]. The summed E-state index contributed by atoms with van der Waals surface area (Å²) in [5.41, 5.74) is -0.848. The Kier molecular flexibility index (Phi) is 4.30. The summed E-state index contributed by atoms with van der Waals surface area (Å²) in [4.78, 5) is 9.03. The van der Waals surface area contributed by atoms with Crippen molar-refractivity contribution in [3.63, 3.8) is 0 Å². The Hall–Kier alpha value is -2.05. The second-order valence-corrected chi connectivity index (χ2v) is 4.91. The number of nitro benzene ring substituents is 1. The van der Waals surface area contributed by atoms with Crippen LogP contribution in [0.25, 0.3) is 0 Å². The minimum Gasteiger partial charge on any atom is -0.258 e. The molecule has 0 saturated heterocycles. The zero-order valence-electron chi connectivity index (χ0n) is 8.96. The molecular weight excluding hydrogens is 265 g/mol. The smallest absolute Gasteiger partial charge is 0.258 e. The van der Waals surface area contributed by atoms with Crippen LogP contribution in [0.4, 0.5) is 10.1 Å². The highest BCUT2D eigenvalue weighted by Gasteiger charge is 2.25. The number of benzene rings is 1. The minimum absolute atomic E-state index is 0.0752. The molecule has 0 saturated carbocycles. The number of sulfonamides is 1. The fourth-order valence-electron chi connectivity index (χ4n) is 1.18. The normalized spacial score (nSPS) is 10.9. The van der Waals surface area contributed by atoms with Gasteiger partial charge in [-0.2, -0.15) is 5.26 Å². The quantitative estimate of drug-likeness (QED) is 0.487. The van der Waals surface area contributed by atoms with Crippen molar-refractivity contribution in [2.24, 2.45) is 0 Å². The highest BCUT2D eigenvalue weighted by molar-refractivity contribution is 7.89. The Labute approximate surface area is 102 Å². The summed E-state index contributed by atoms with van der Waals surface area (Å²) < 4.78 is 38.2. The average molecular weight is 273 g/mol. The molecule has 0 aromatic heterocycles. The Bertz CT molecular complexity index is 609. The lowest BCUT2D eigenvalue weighted by Gasteiger charge is -2.05. The Morgan fingerprint density at radius 1 is 1.50 bits per heavy atom. The van der Waals surface area contributed by atoms with Crippen LogP contribution in [-0.4, -0.2) is 19.9 Å². The van der Waals surface area contributed by atoms with Gasteiger partial charge in [-0.15, -0.1) is 0 Å². The lowest BCUT2D eigenvalue weighted by Crippen LogP contribution is -2.25. The molecule has 0 aliphatic carbocycles. The molecule has 1 rings (SSSR count). The highest BCUT2D eigenvalue weighted by atomic mass is 32.2. The van der Waals surface area contributed by atoms with E-state index in [-0.39, 0.29) is 13.0 Å². The van der Waals surface area contributed by atoms with E-state index in [0.29, 0.717) is 6.07 Å². The van der Waals surface area contributed by atoms with Crippen LogP contribution in [0.3, 0.4) is 0 Å². The molecule has 0 atom stereocenters. The number of nitriles is 1. The van der Waals surface area contributed by atoms with Crippen LogP contribution in [0.15, 0.2) is 23.1 Å². The Balaban J connectivity index is 3.16. The van der Waals surface area contributed by atoms with Crippen LogP contribution in [0.2, 0.25) is 0 Å². The monoisotopic (exact) mass is 273 g/mol. The summed E-state index contributed by atoms with van der Waals surface area (Å²) in [6.45, 7) is -0.173. The molecule has 0 fully saturated rings. The van der Waals surface area contributed by atoms with Crippen LogP contribution < -0.4 is 4.72 Å². The molecule has 1 aromatic carbocycles. The summed E-state index contributed by atoms with van der Waals surface area (Å²) in [5.74, 6) is -0.905. The maximum atomic E-state index is 12.8. The number of hydrogen-bond donors (Lipinski definition) is 1. The van der Waals surface area contributed by atoms with Crippen LogP contribution in [0.5, 0.6) is 0 Å². The van der Waals surface area contributed by atoms with Crippen LogP contribution in [0, 0.1) is 27.3 Å². The molecule has 96 valence electrons. The average Bonchev–Trinajstić information content (AvgIpc) is 2.28. The molecule has 0 radical (unpaired) electrons. The van der Waals surface area contributed by atoms with E-state index in [1.54, 1.807) is 6.07 Å². The third-order valence-corrected chi connectivity index (χ3v) is 3.44. The lowest BCUT2D eigenvalue weighted by atomic mass is 10.3. The molecule has 0 amide bonds. The van der Waals surface area contributed by atoms with Crippen molar-refractivity contribution in [1.82, 2.24) is 4.72 Å². The number of rotatable bonds is 5. The molecule has 7 nitrogen and oxygen atoms in total. The molecule has 0 aliphatic heterocycles. The molecule has 0 aliphatic rings. The predicted molar refractivity (Wildman–Crippen MR) is 58.5 cm³/mol. The van der Waals surface area contributed by atoms with Crippen molar-refractivity contribution in [3.8, 4) is 6.07 Å². The van der Waals surface area contributed by atoms with Crippen molar-refractivity contribution in [2.75, 3.05) is 6.54 Å². The van der Waals surface area contributed by atoms with Crippen molar-refractivity contribution in [3.05, 3.63) is 34.1 Å². The molecule has 1 aromatic rings. The van der Waals surface area contributed by atoms with Gasteiger partial charge in [0.15, 0.2) is 4.90 Å². The minimum atomic E-state index is -4.13. The summed E-state index contributed by atoms with van der Waals surface area (Å²) in [5, 5.41) is 18.9. The van der Waals surface area contributed by atoms with E-state index in [1.165, 1.54) is 0 Å². The van der Waals surface area contributed by atoms with Crippen LogP contribution in [-0.2, 0) is 10.0 Å². The summed E-state index contributed by atoms with van der Waals surface area (Å²) in [6.07, 6.45) is -0.0752. The van der Waals surface area contributed by atoms with Gasteiger partial charge in [0.1, 0.15) is 5.82 Å². The van der Waals surface area contributed by atoms with E-state index in [9.17, 15) is 22.9 Å². The van der Waals surface area contributed by atoms with Gasteiger partial charge in [0.25, 0.3) is 5.69 Å².